The zero-order chi connectivity index (χ0) is 16.9. The van der Waals surface area contributed by atoms with Gasteiger partial charge in [-0.1, -0.05) is 61.6 Å². The molecule has 128 valence electrons. The molecule has 0 spiro atoms. The van der Waals surface area contributed by atoms with Crippen molar-refractivity contribution in [1.29, 1.82) is 0 Å². The van der Waals surface area contributed by atoms with Gasteiger partial charge >= 0.3 is 0 Å². The highest BCUT2D eigenvalue weighted by atomic mass is 15.2. The fourth-order valence-corrected chi connectivity index (χ4v) is 4.19. The Balaban J connectivity index is 1.99. The Kier molecular flexibility index (Phi) is 5.60. The van der Waals surface area contributed by atoms with Gasteiger partial charge in [-0.15, -0.1) is 0 Å². The third-order valence-corrected chi connectivity index (χ3v) is 5.57. The first-order valence-corrected chi connectivity index (χ1v) is 9.61. The molecule has 0 N–H and O–H groups in total. The van der Waals surface area contributed by atoms with Gasteiger partial charge in [0.2, 0.25) is 0 Å². The highest BCUT2D eigenvalue weighted by Crippen LogP contribution is 2.37. The van der Waals surface area contributed by atoms with Crippen LogP contribution >= 0.6 is 0 Å². The summed E-state index contributed by atoms with van der Waals surface area (Å²) in [6.45, 7) is 6.69. The van der Waals surface area contributed by atoms with Gasteiger partial charge in [0.05, 0.1) is 0 Å². The van der Waals surface area contributed by atoms with Gasteiger partial charge in [-0.05, 0) is 63.3 Å². The normalized spacial score (nSPS) is 16.8. The summed E-state index contributed by atoms with van der Waals surface area (Å²) < 4.78 is 0. The second-order valence-electron chi connectivity index (χ2n) is 7.41. The van der Waals surface area contributed by atoms with Crippen molar-refractivity contribution in [3.05, 3.63) is 59.7 Å². The molecule has 1 saturated carbocycles. The molecule has 2 aromatic carbocycles. The van der Waals surface area contributed by atoms with Crippen molar-refractivity contribution < 1.29 is 0 Å². The lowest BCUT2D eigenvalue weighted by Crippen LogP contribution is -2.38. The van der Waals surface area contributed by atoms with Crippen molar-refractivity contribution in [1.82, 2.24) is 0 Å². The third-order valence-electron chi connectivity index (χ3n) is 5.57. The Labute approximate surface area is 147 Å². The molecule has 24 heavy (non-hydrogen) atoms. The summed E-state index contributed by atoms with van der Waals surface area (Å²) in [6.07, 6.45) is 8.18. The zero-order valence-corrected chi connectivity index (χ0v) is 15.5. The van der Waals surface area contributed by atoms with Crippen molar-refractivity contribution in [2.45, 2.75) is 65.3 Å². The van der Waals surface area contributed by atoms with E-state index in [1.165, 1.54) is 61.0 Å². The minimum atomic E-state index is 0.593. The van der Waals surface area contributed by atoms with Crippen LogP contribution in [0.15, 0.2) is 48.5 Å². The van der Waals surface area contributed by atoms with E-state index in [4.69, 9.17) is 0 Å². The highest BCUT2D eigenvalue weighted by molar-refractivity contribution is 5.65. The van der Waals surface area contributed by atoms with Gasteiger partial charge in [0.25, 0.3) is 0 Å². The molecule has 1 unspecified atom stereocenters. The van der Waals surface area contributed by atoms with Crippen LogP contribution in [0.25, 0.3) is 0 Å². The second-order valence-corrected chi connectivity index (χ2v) is 7.41. The predicted molar refractivity (Wildman–Crippen MR) is 105 cm³/mol. The van der Waals surface area contributed by atoms with Gasteiger partial charge in [0.15, 0.2) is 0 Å². The van der Waals surface area contributed by atoms with Crippen LogP contribution in [0.4, 0.5) is 11.4 Å². The molecule has 1 aliphatic carbocycles. The lowest BCUT2D eigenvalue weighted by molar-refractivity contribution is 0.298. The summed E-state index contributed by atoms with van der Waals surface area (Å²) in [4.78, 5) is 2.61. The molecule has 3 rings (SSSR count). The first-order valence-electron chi connectivity index (χ1n) is 9.61. The number of hydrogen-bond donors (Lipinski definition) is 0. The minimum absolute atomic E-state index is 0.593. The lowest BCUT2D eigenvalue weighted by Gasteiger charge is -2.40. The average Bonchev–Trinajstić information content (AvgIpc) is 2.62. The van der Waals surface area contributed by atoms with Gasteiger partial charge in [-0.3, -0.25) is 0 Å². The summed E-state index contributed by atoms with van der Waals surface area (Å²) in [5.74, 6) is 0.811. The van der Waals surface area contributed by atoms with Crippen molar-refractivity contribution in [2.24, 2.45) is 5.92 Å². The molecule has 1 atom stereocenters. The first kappa shape index (κ1) is 17.1. The standard InChI is InChI=1S/C23H31N/c1-4-23(20-8-6-5-7-9-20)24(21-14-10-18(2)11-15-21)22-16-12-19(3)13-17-22/h10-17,20,23H,4-9H2,1-3H3. The van der Waals surface area contributed by atoms with Crippen molar-refractivity contribution in [2.75, 3.05) is 4.90 Å². The molecule has 0 saturated heterocycles. The predicted octanol–water partition coefficient (Wildman–Crippen LogP) is 6.80. The van der Waals surface area contributed by atoms with Gasteiger partial charge < -0.3 is 4.90 Å². The molecule has 0 bridgehead atoms. The summed E-state index contributed by atoms with van der Waals surface area (Å²) in [6, 6.07) is 18.7. The monoisotopic (exact) mass is 321 g/mol. The Bertz CT molecular complexity index is 575. The third kappa shape index (κ3) is 3.83. The Hall–Kier alpha value is -1.76. The molecule has 0 aliphatic heterocycles. The van der Waals surface area contributed by atoms with Gasteiger partial charge in [0.1, 0.15) is 0 Å². The molecule has 1 nitrogen and oxygen atoms in total. The first-order chi connectivity index (χ1) is 11.7. The van der Waals surface area contributed by atoms with E-state index in [0.29, 0.717) is 6.04 Å². The number of hydrogen-bond acceptors (Lipinski definition) is 1. The van der Waals surface area contributed by atoms with E-state index >= 15 is 0 Å². The summed E-state index contributed by atoms with van der Waals surface area (Å²) in [7, 11) is 0. The summed E-state index contributed by atoms with van der Waals surface area (Å²) in [5, 5.41) is 0. The minimum Gasteiger partial charge on any atom is -0.338 e. The maximum Gasteiger partial charge on any atom is 0.0413 e. The number of aryl methyl sites for hydroxylation is 2. The number of benzene rings is 2. The van der Waals surface area contributed by atoms with E-state index in [1.54, 1.807) is 0 Å². The van der Waals surface area contributed by atoms with Gasteiger partial charge in [0, 0.05) is 17.4 Å². The zero-order valence-electron chi connectivity index (χ0n) is 15.5. The van der Waals surface area contributed by atoms with Crippen molar-refractivity contribution in [3.8, 4) is 0 Å². The topological polar surface area (TPSA) is 3.24 Å². The van der Waals surface area contributed by atoms with E-state index < -0.39 is 0 Å². The van der Waals surface area contributed by atoms with E-state index in [-0.39, 0.29) is 0 Å². The molecular weight excluding hydrogens is 290 g/mol. The van der Waals surface area contributed by atoms with Gasteiger partial charge in [-0.25, -0.2) is 0 Å². The van der Waals surface area contributed by atoms with Crippen LogP contribution in [0.2, 0.25) is 0 Å². The summed E-state index contributed by atoms with van der Waals surface area (Å²) >= 11 is 0. The highest BCUT2D eigenvalue weighted by Gasteiger charge is 2.28. The van der Waals surface area contributed by atoms with Gasteiger partial charge in [-0.2, -0.15) is 0 Å². The lowest BCUT2D eigenvalue weighted by atomic mass is 9.81. The molecule has 0 radical (unpaired) electrons. The summed E-state index contributed by atoms with van der Waals surface area (Å²) in [5.41, 5.74) is 5.32. The van der Waals surface area contributed by atoms with Crippen molar-refractivity contribution >= 4 is 11.4 Å². The number of rotatable bonds is 5. The van der Waals surface area contributed by atoms with E-state index in [0.717, 1.165) is 5.92 Å². The van der Waals surface area contributed by atoms with Crippen LogP contribution in [-0.4, -0.2) is 6.04 Å². The molecule has 1 aliphatic rings. The van der Waals surface area contributed by atoms with Crippen LogP contribution in [-0.2, 0) is 0 Å². The van der Waals surface area contributed by atoms with Crippen LogP contribution in [0.1, 0.15) is 56.6 Å². The largest absolute Gasteiger partial charge is 0.338 e. The van der Waals surface area contributed by atoms with Crippen LogP contribution < -0.4 is 4.90 Å². The Morgan fingerprint density at radius 1 is 0.792 bits per heavy atom. The molecular formula is C23H31N. The molecule has 0 aromatic heterocycles. The van der Waals surface area contributed by atoms with E-state index in [2.05, 4.69) is 74.2 Å². The maximum atomic E-state index is 2.61. The fraction of sp³-hybridized carbons (Fsp3) is 0.478. The quantitative estimate of drug-likeness (QED) is 0.585. The maximum absolute atomic E-state index is 2.61. The molecule has 1 fully saturated rings. The Morgan fingerprint density at radius 2 is 1.25 bits per heavy atom. The molecule has 0 amide bonds. The van der Waals surface area contributed by atoms with Crippen LogP contribution in [0.5, 0.6) is 0 Å². The SMILES string of the molecule is CCC(C1CCCCC1)N(c1ccc(C)cc1)c1ccc(C)cc1. The van der Waals surface area contributed by atoms with E-state index in [9.17, 15) is 0 Å². The van der Waals surface area contributed by atoms with Crippen LogP contribution in [0, 0.1) is 19.8 Å². The number of anilines is 2. The van der Waals surface area contributed by atoms with Crippen LogP contribution in [0.3, 0.4) is 0 Å². The Morgan fingerprint density at radius 3 is 1.67 bits per heavy atom. The molecule has 2 aromatic rings. The fourth-order valence-electron chi connectivity index (χ4n) is 4.19. The smallest absolute Gasteiger partial charge is 0.0413 e. The van der Waals surface area contributed by atoms with E-state index in [1.807, 2.05) is 0 Å². The molecule has 0 heterocycles. The second kappa shape index (κ2) is 7.88. The number of nitrogens with zero attached hydrogens (tertiary/aromatic N) is 1. The van der Waals surface area contributed by atoms with Crippen molar-refractivity contribution in [3.63, 3.8) is 0 Å². The molecule has 1 heteroatoms. The average molecular weight is 322 g/mol.